The number of nitrogens with one attached hydrogen (secondary N) is 1. The number of piperidine rings is 1. The molecule has 3 nitrogen and oxygen atoms in total. The monoisotopic (exact) mass is 257 g/mol. The summed E-state index contributed by atoms with van der Waals surface area (Å²) in [6, 6.07) is 0. The van der Waals surface area contributed by atoms with Gasteiger partial charge in [-0.25, -0.2) is 4.98 Å². The van der Waals surface area contributed by atoms with Crippen molar-refractivity contribution in [3.63, 3.8) is 0 Å². The number of rotatable bonds is 2. The van der Waals surface area contributed by atoms with Gasteiger partial charge in [-0.1, -0.05) is 0 Å². The molecule has 14 heavy (non-hydrogen) atoms. The summed E-state index contributed by atoms with van der Waals surface area (Å²) in [5.41, 5.74) is 1.39. The predicted molar refractivity (Wildman–Crippen MR) is 60.4 cm³/mol. The van der Waals surface area contributed by atoms with Crippen molar-refractivity contribution in [3.05, 3.63) is 16.6 Å². The third-order valence-electron chi connectivity index (χ3n) is 2.91. The summed E-state index contributed by atoms with van der Waals surface area (Å²) in [6.45, 7) is 5.44. The molecule has 1 fully saturated rings. The van der Waals surface area contributed by atoms with Gasteiger partial charge in [0, 0.05) is 24.4 Å². The highest BCUT2D eigenvalue weighted by Gasteiger charge is 2.19. The minimum absolute atomic E-state index is 0.690. The normalized spacial score (nSPS) is 18.7. The van der Waals surface area contributed by atoms with Crippen molar-refractivity contribution in [1.82, 2.24) is 14.9 Å². The minimum atomic E-state index is 0.690. The Morgan fingerprint density at radius 3 is 2.93 bits per heavy atom. The molecule has 0 radical (unpaired) electrons. The van der Waals surface area contributed by atoms with E-state index in [9.17, 15) is 0 Å². The highest BCUT2D eigenvalue weighted by atomic mass is 79.9. The zero-order valence-corrected chi connectivity index (χ0v) is 10.0. The lowest BCUT2D eigenvalue weighted by Gasteiger charge is -2.23. The van der Waals surface area contributed by atoms with E-state index in [2.05, 4.69) is 37.7 Å². The molecule has 1 aliphatic heterocycles. The van der Waals surface area contributed by atoms with E-state index in [1.54, 1.807) is 0 Å². The van der Waals surface area contributed by atoms with Crippen molar-refractivity contribution in [1.29, 1.82) is 0 Å². The van der Waals surface area contributed by atoms with Crippen molar-refractivity contribution in [2.75, 3.05) is 13.1 Å². The first-order valence-electron chi connectivity index (χ1n) is 5.24. The molecule has 2 heterocycles. The van der Waals surface area contributed by atoms with Crippen molar-refractivity contribution in [3.8, 4) is 0 Å². The molecule has 0 atom stereocenters. The van der Waals surface area contributed by atoms with Gasteiger partial charge in [0.05, 0.1) is 0 Å². The van der Waals surface area contributed by atoms with E-state index in [1.807, 2.05) is 6.20 Å². The second-order valence-corrected chi connectivity index (χ2v) is 4.43. The van der Waals surface area contributed by atoms with Gasteiger partial charge in [-0.2, -0.15) is 0 Å². The SMILES string of the molecule is CCn1c(C2CCNCC2)cnc1Br. The molecular weight excluding hydrogens is 242 g/mol. The minimum Gasteiger partial charge on any atom is -0.323 e. The van der Waals surface area contributed by atoms with E-state index >= 15 is 0 Å². The topological polar surface area (TPSA) is 29.9 Å². The molecular formula is C10H16BrN3. The van der Waals surface area contributed by atoms with Gasteiger partial charge in [-0.3, -0.25) is 0 Å². The fourth-order valence-electron chi connectivity index (χ4n) is 2.12. The molecule has 2 rings (SSSR count). The van der Waals surface area contributed by atoms with Crippen LogP contribution >= 0.6 is 15.9 Å². The maximum atomic E-state index is 4.32. The smallest absolute Gasteiger partial charge is 0.177 e. The van der Waals surface area contributed by atoms with Crippen LogP contribution in [0.3, 0.4) is 0 Å². The first-order valence-corrected chi connectivity index (χ1v) is 6.04. The number of imidazole rings is 1. The number of aromatic nitrogens is 2. The van der Waals surface area contributed by atoms with Crippen molar-refractivity contribution >= 4 is 15.9 Å². The molecule has 78 valence electrons. The van der Waals surface area contributed by atoms with E-state index in [-0.39, 0.29) is 0 Å². The number of hydrogen-bond acceptors (Lipinski definition) is 2. The first-order chi connectivity index (χ1) is 6.83. The van der Waals surface area contributed by atoms with Gasteiger partial charge in [0.25, 0.3) is 0 Å². The first kappa shape index (κ1) is 10.2. The molecule has 1 aromatic rings. The summed E-state index contributed by atoms with van der Waals surface area (Å²) in [5.74, 6) is 0.690. The standard InChI is InChI=1S/C10H16BrN3/c1-2-14-9(7-13-10(14)11)8-3-5-12-6-4-8/h7-8,12H,2-6H2,1H3. The van der Waals surface area contributed by atoms with Gasteiger partial charge in [0.2, 0.25) is 0 Å². The van der Waals surface area contributed by atoms with Crippen LogP contribution in [0.5, 0.6) is 0 Å². The Hall–Kier alpha value is -0.350. The lowest BCUT2D eigenvalue weighted by Crippen LogP contribution is -2.27. The fourth-order valence-corrected chi connectivity index (χ4v) is 2.68. The average Bonchev–Trinajstić information content (AvgIpc) is 2.61. The second kappa shape index (κ2) is 4.45. The van der Waals surface area contributed by atoms with Crippen LogP contribution in [0.25, 0.3) is 0 Å². The Labute approximate surface area is 93.0 Å². The van der Waals surface area contributed by atoms with Crippen LogP contribution in [0.4, 0.5) is 0 Å². The summed E-state index contributed by atoms with van der Waals surface area (Å²) in [6.07, 6.45) is 4.49. The summed E-state index contributed by atoms with van der Waals surface area (Å²) < 4.78 is 3.23. The molecule has 1 saturated heterocycles. The summed E-state index contributed by atoms with van der Waals surface area (Å²) in [7, 11) is 0. The molecule has 0 aliphatic carbocycles. The van der Waals surface area contributed by atoms with Gasteiger partial charge in [0.1, 0.15) is 0 Å². The predicted octanol–water partition coefficient (Wildman–Crippen LogP) is 2.13. The van der Waals surface area contributed by atoms with Gasteiger partial charge in [-0.15, -0.1) is 0 Å². The Morgan fingerprint density at radius 2 is 2.29 bits per heavy atom. The van der Waals surface area contributed by atoms with Gasteiger partial charge < -0.3 is 9.88 Å². The molecule has 1 N–H and O–H groups in total. The molecule has 0 spiro atoms. The third kappa shape index (κ3) is 1.86. The molecule has 4 heteroatoms. The molecule has 0 amide bonds. The van der Waals surface area contributed by atoms with E-state index in [4.69, 9.17) is 0 Å². The van der Waals surface area contributed by atoms with E-state index < -0.39 is 0 Å². The lowest BCUT2D eigenvalue weighted by molar-refractivity contribution is 0.440. The molecule has 0 unspecified atom stereocenters. The Balaban J connectivity index is 2.21. The third-order valence-corrected chi connectivity index (χ3v) is 3.54. The quantitative estimate of drug-likeness (QED) is 0.880. The van der Waals surface area contributed by atoms with Crippen molar-refractivity contribution < 1.29 is 0 Å². The van der Waals surface area contributed by atoms with Crippen LogP contribution in [0.15, 0.2) is 10.9 Å². The van der Waals surface area contributed by atoms with E-state index in [0.29, 0.717) is 5.92 Å². The largest absolute Gasteiger partial charge is 0.323 e. The van der Waals surface area contributed by atoms with Crippen LogP contribution in [0, 0.1) is 0 Å². The number of nitrogens with zero attached hydrogens (tertiary/aromatic N) is 2. The zero-order valence-electron chi connectivity index (χ0n) is 8.46. The maximum absolute atomic E-state index is 4.32. The summed E-state index contributed by atoms with van der Waals surface area (Å²) >= 11 is 3.48. The lowest BCUT2D eigenvalue weighted by atomic mass is 9.95. The molecule has 1 aromatic heterocycles. The Kier molecular flexibility index (Phi) is 3.23. The van der Waals surface area contributed by atoms with Gasteiger partial charge in [-0.05, 0) is 48.8 Å². The maximum Gasteiger partial charge on any atom is 0.177 e. The molecule has 0 bridgehead atoms. The molecule has 0 saturated carbocycles. The Morgan fingerprint density at radius 1 is 1.57 bits per heavy atom. The average molecular weight is 258 g/mol. The highest BCUT2D eigenvalue weighted by Crippen LogP contribution is 2.27. The van der Waals surface area contributed by atoms with Gasteiger partial charge >= 0.3 is 0 Å². The highest BCUT2D eigenvalue weighted by molar-refractivity contribution is 9.10. The van der Waals surface area contributed by atoms with E-state index in [0.717, 1.165) is 24.4 Å². The van der Waals surface area contributed by atoms with Crippen LogP contribution in [-0.2, 0) is 6.54 Å². The van der Waals surface area contributed by atoms with Gasteiger partial charge in [0.15, 0.2) is 4.73 Å². The number of hydrogen-bond donors (Lipinski definition) is 1. The van der Waals surface area contributed by atoms with Crippen LogP contribution in [-0.4, -0.2) is 22.6 Å². The number of halogens is 1. The van der Waals surface area contributed by atoms with Crippen LogP contribution in [0.2, 0.25) is 0 Å². The van der Waals surface area contributed by atoms with E-state index in [1.165, 1.54) is 18.5 Å². The molecule has 1 aliphatic rings. The second-order valence-electron chi connectivity index (χ2n) is 3.72. The van der Waals surface area contributed by atoms with Crippen LogP contribution in [0.1, 0.15) is 31.4 Å². The summed E-state index contributed by atoms with van der Waals surface area (Å²) in [5, 5.41) is 3.39. The fraction of sp³-hybridized carbons (Fsp3) is 0.700. The summed E-state index contributed by atoms with van der Waals surface area (Å²) in [4.78, 5) is 4.32. The zero-order chi connectivity index (χ0) is 9.97. The van der Waals surface area contributed by atoms with Crippen molar-refractivity contribution in [2.45, 2.75) is 32.2 Å². The van der Waals surface area contributed by atoms with Crippen LogP contribution < -0.4 is 5.32 Å². The Bertz CT molecular complexity index is 302. The molecule has 0 aromatic carbocycles. The van der Waals surface area contributed by atoms with Crippen molar-refractivity contribution in [2.24, 2.45) is 0 Å².